The van der Waals surface area contributed by atoms with E-state index in [9.17, 15) is 38.7 Å². The van der Waals surface area contributed by atoms with Crippen molar-refractivity contribution in [2.75, 3.05) is 0 Å². The zero-order valence-corrected chi connectivity index (χ0v) is 12.8. The molecule has 13 heteroatoms. The number of phosphoric acid groups is 2. The first-order valence-corrected chi connectivity index (χ1v) is 8.81. The molecule has 0 bridgehead atoms. The number of rotatable bonds is 0. The molecule has 11 nitrogen and oxygen atoms in total. The second-order valence-electron chi connectivity index (χ2n) is 4.27. The number of phosphoric ester groups is 2. The Bertz CT molecular complexity index is 744. The second-order valence-corrected chi connectivity index (χ2v) is 7.16. The largest absolute Gasteiger partial charge is 0.539 e. The Labute approximate surface area is 128 Å². The van der Waals surface area contributed by atoms with Gasteiger partial charge in [0.15, 0.2) is 18.0 Å². The van der Waals surface area contributed by atoms with Crippen molar-refractivity contribution in [3.63, 3.8) is 0 Å². The maximum Gasteiger partial charge on any atom is 0.539 e. The average molecular weight is 368 g/mol. The van der Waals surface area contributed by atoms with Gasteiger partial charge in [-0.1, -0.05) is 12.1 Å². The van der Waals surface area contributed by atoms with Gasteiger partial charge in [0, 0.05) is 0 Å². The van der Waals surface area contributed by atoms with E-state index in [0.29, 0.717) is 0 Å². The number of benzene rings is 1. The molecule has 1 heterocycles. The molecule has 0 saturated carbocycles. The normalized spacial score (nSPS) is 35.5. The van der Waals surface area contributed by atoms with E-state index >= 15 is 0 Å². The molecular formula is C10H10O11P2. The van der Waals surface area contributed by atoms with Crippen molar-refractivity contribution in [2.45, 2.75) is 12.2 Å². The number of carbonyl (C=O) groups is 2. The lowest BCUT2D eigenvalue weighted by molar-refractivity contribution is -0.149. The summed E-state index contributed by atoms with van der Waals surface area (Å²) < 4.78 is 35.3. The summed E-state index contributed by atoms with van der Waals surface area (Å²) in [5, 5.41) is 19.2. The Morgan fingerprint density at radius 2 is 1.48 bits per heavy atom. The highest BCUT2D eigenvalue weighted by atomic mass is 31.3. The molecule has 0 radical (unpaired) electrons. The van der Waals surface area contributed by atoms with Crippen molar-refractivity contribution in [1.29, 1.82) is 0 Å². The molecule has 1 aliphatic heterocycles. The summed E-state index contributed by atoms with van der Waals surface area (Å²) in [5.41, 5.74) is -0.473. The van der Waals surface area contributed by atoms with Crippen LogP contribution in [0.4, 0.5) is 0 Å². The number of Topliss-reactive ketones (excluding diaryl/α,β-unsaturated/α-hetero) is 1. The van der Waals surface area contributed by atoms with Crippen molar-refractivity contribution < 1.29 is 52.1 Å². The van der Waals surface area contributed by atoms with Gasteiger partial charge in [0.05, 0.1) is 5.56 Å². The number of para-hydroxylation sites is 1. The Kier molecular flexibility index (Phi) is 4.74. The second kappa shape index (κ2) is 6.14. The number of aliphatic hydroxyl groups is 2. The highest BCUT2D eigenvalue weighted by Gasteiger charge is 2.44. The summed E-state index contributed by atoms with van der Waals surface area (Å²) in [6.07, 6.45) is -4.90. The Hall–Kier alpha value is -1.58. The summed E-state index contributed by atoms with van der Waals surface area (Å²) in [5.74, 6) is -3.74. The van der Waals surface area contributed by atoms with Crippen LogP contribution in [-0.2, 0) is 22.8 Å². The fourth-order valence-corrected chi connectivity index (χ4v) is 3.69. The Balaban J connectivity index is 2.58. The van der Waals surface area contributed by atoms with E-state index in [1.165, 1.54) is 12.1 Å². The number of hydrogen-bond acceptors (Lipinski definition) is 9. The number of hydrogen-bond donors (Lipinski definition) is 4. The van der Waals surface area contributed by atoms with Gasteiger partial charge in [-0.2, -0.15) is 4.31 Å². The van der Waals surface area contributed by atoms with Crippen LogP contribution < -0.4 is 4.52 Å². The molecule has 0 amide bonds. The lowest BCUT2D eigenvalue weighted by Crippen LogP contribution is -2.40. The molecule has 4 unspecified atom stereocenters. The van der Waals surface area contributed by atoms with Gasteiger partial charge in [0.2, 0.25) is 0 Å². The van der Waals surface area contributed by atoms with E-state index in [1.54, 1.807) is 0 Å². The number of ketones is 1. The quantitative estimate of drug-likeness (QED) is 0.444. The van der Waals surface area contributed by atoms with Crippen LogP contribution in [0, 0.1) is 0 Å². The van der Waals surface area contributed by atoms with E-state index in [2.05, 4.69) is 13.4 Å². The maximum absolute atomic E-state index is 12.1. The third-order valence-corrected chi connectivity index (χ3v) is 5.08. The third kappa shape index (κ3) is 4.04. The lowest BCUT2D eigenvalue weighted by Gasteiger charge is -2.16. The molecule has 0 spiro atoms. The predicted octanol–water partition coefficient (Wildman–Crippen LogP) is -0.256. The summed E-state index contributed by atoms with van der Waals surface area (Å²) in [6, 6.07) is 4.68. The minimum atomic E-state index is -5.47. The smallest absolute Gasteiger partial charge is 0.403 e. The fraction of sp³-hybridized carbons (Fsp3) is 0.200. The van der Waals surface area contributed by atoms with E-state index in [1.807, 2.05) is 0 Å². The van der Waals surface area contributed by atoms with E-state index in [4.69, 9.17) is 0 Å². The zero-order valence-electron chi connectivity index (χ0n) is 11.0. The molecular weight excluding hydrogens is 358 g/mol. The van der Waals surface area contributed by atoms with Gasteiger partial charge in [-0.3, -0.25) is 14.6 Å². The standard InChI is InChI=1S/C10H10O11P2/c11-7-5-3-1-2-4-6(5)19-22(15,16)21-23(17,18)20-10(14)9(13)8(7)12/h1-4,8-9,12-13H,(H,15,16)(H,17,18). The maximum atomic E-state index is 12.1. The number of carbonyl (C=O) groups excluding carboxylic acids is 2. The van der Waals surface area contributed by atoms with Crippen molar-refractivity contribution in [3.05, 3.63) is 29.8 Å². The van der Waals surface area contributed by atoms with E-state index < -0.39 is 50.9 Å². The minimum Gasteiger partial charge on any atom is -0.403 e. The molecule has 23 heavy (non-hydrogen) atoms. The first-order valence-electron chi connectivity index (χ1n) is 5.82. The van der Waals surface area contributed by atoms with Crippen LogP contribution in [0.3, 0.4) is 0 Å². The topological polar surface area (TPSA) is 177 Å². The lowest BCUT2D eigenvalue weighted by atomic mass is 10.0. The van der Waals surface area contributed by atoms with Crippen LogP contribution in [0.25, 0.3) is 0 Å². The van der Waals surface area contributed by atoms with Gasteiger partial charge in [-0.15, -0.1) is 0 Å². The average Bonchev–Trinajstić information content (AvgIpc) is 2.42. The minimum absolute atomic E-state index is 0.473. The van der Waals surface area contributed by atoms with Gasteiger partial charge >= 0.3 is 21.6 Å². The van der Waals surface area contributed by atoms with Crippen molar-refractivity contribution in [1.82, 2.24) is 0 Å². The van der Waals surface area contributed by atoms with E-state index in [-0.39, 0.29) is 0 Å². The van der Waals surface area contributed by atoms with Crippen molar-refractivity contribution in [3.8, 4) is 5.75 Å². The predicted molar refractivity (Wildman–Crippen MR) is 70.2 cm³/mol. The number of aliphatic hydroxyl groups excluding tert-OH is 2. The van der Waals surface area contributed by atoms with Crippen LogP contribution >= 0.6 is 15.6 Å². The highest BCUT2D eigenvalue weighted by Crippen LogP contribution is 2.60. The molecule has 1 aromatic carbocycles. The van der Waals surface area contributed by atoms with Crippen LogP contribution in [0.5, 0.6) is 5.75 Å². The van der Waals surface area contributed by atoms with Crippen molar-refractivity contribution in [2.24, 2.45) is 0 Å². The molecule has 0 fully saturated rings. The van der Waals surface area contributed by atoms with Crippen molar-refractivity contribution >= 4 is 27.4 Å². The van der Waals surface area contributed by atoms with Gasteiger partial charge in [-0.05, 0) is 12.1 Å². The summed E-state index contributed by atoms with van der Waals surface area (Å²) >= 11 is 0. The molecule has 1 aliphatic rings. The van der Waals surface area contributed by atoms with Crippen LogP contribution in [0.15, 0.2) is 24.3 Å². The molecule has 0 aliphatic carbocycles. The third-order valence-electron chi connectivity index (χ3n) is 2.59. The van der Waals surface area contributed by atoms with Crippen LogP contribution in [0.2, 0.25) is 0 Å². The Morgan fingerprint density at radius 3 is 2.13 bits per heavy atom. The molecule has 4 N–H and O–H groups in total. The molecule has 0 aromatic heterocycles. The van der Waals surface area contributed by atoms with Gasteiger partial charge in [0.1, 0.15) is 5.75 Å². The van der Waals surface area contributed by atoms with Crippen LogP contribution in [-0.4, -0.2) is 44.0 Å². The van der Waals surface area contributed by atoms with Gasteiger partial charge in [0.25, 0.3) is 0 Å². The highest BCUT2D eigenvalue weighted by molar-refractivity contribution is 7.61. The first kappa shape index (κ1) is 17.8. The first-order chi connectivity index (χ1) is 10.5. The SMILES string of the molecule is O=C1OP(=O)(O)OP(=O)(O)Oc2ccccc2C(=O)C(O)C1O. The molecule has 0 saturated heterocycles. The molecule has 126 valence electrons. The molecule has 1 aromatic rings. The molecule has 2 rings (SSSR count). The monoisotopic (exact) mass is 368 g/mol. The summed E-state index contributed by atoms with van der Waals surface area (Å²) in [4.78, 5) is 42.1. The molecule has 4 atom stereocenters. The number of fused-ring (bicyclic) bond motifs is 1. The van der Waals surface area contributed by atoms with Crippen LogP contribution in [0.1, 0.15) is 10.4 Å². The summed E-state index contributed by atoms with van der Waals surface area (Å²) in [6.45, 7) is 0. The fourth-order valence-electron chi connectivity index (χ4n) is 1.64. The Morgan fingerprint density at radius 1 is 0.913 bits per heavy atom. The zero-order chi connectivity index (χ0) is 17.4. The van der Waals surface area contributed by atoms with Gasteiger partial charge < -0.3 is 19.3 Å². The summed E-state index contributed by atoms with van der Waals surface area (Å²) in [7, 11) is -10.7. The van der Waals surface area contributed by atoms with Gasteiger partial charge in [-0.25, -0.2) is 13.9 Å². The van der Waals surface area contributed by atoms with E-state index in [0.717, 1.165) is 12.1 Å².